The van der Waals surface area contributed by atoms with Crippen LogP contribution in [0.3, 0.4) is 0 Å². The number of fused-ring (bicyclic) bond motifs is 1. The highest BCUT2D eigenvalue weighted by Gasteiger charge is 2.33. The largest absolute Gasteiger partial charge is 0.480 e. The van der Waals surface area contributed by atoms with Crippen molar-refractivity contribution in [1.29, 1.82) is 0 Å². The Labute approximate surface area is 169 Å². The molecule has 2 aromatic carbocycles. The molecule has 2 aliphatic rings. The number of carbonyl (C=O) groups excluding carboxylic acids is 2. The molecule has 146 valence electrons. The second-order valence-electron chi connectivity index (χ2n) is 7.05. The van der Waals surface area contributed by atoms with Crippen molar-refractivity contribution in [3.05, 3.63) is 59.1 Å². The fraction of sp³-hybridized carbons (Fsp3) is 0.333. The van der Waals surface area contributed by atoms with Crippen LogP contribution in [-0.2, 0) is 16.0 Å². The number of ether oxygens (including phenoxy) is 1. The zero-order valence-corrected chi connectivity index (χ0v) is 16.2. The van der Waals surface area contributed by atoms with Gasteiger partial charge in [0, 0.05) is 32.6 Å². The average Bonchev–Trinajstić information content (AvgIpc) is 3.14. The van der Waals surface area contributed by atoms with Crippen LogP contribution in [0.5, 0.6) is 5.75 Å². The van der Waals surface area contributed by atoms with Crippen LogP contribution in [-0.4, -0.2) is 60.4 Å². The van der Waals surface area contributed by atoms with Crippen LogP contribution < -0.4 is 10.1 Å². The van der Waals surface area contributed by atoms with Gasteiger partial charge in [-0.25, -0.2) is 0 Å². The van der Waals surface area contributed by atoms with Crippen molar-refractivity contribution in [3.8, 4) is 5.75 Å². The Morgan fingerprint density at radius 3 is 2.50 bits per heavy atom. The molecule has 0 aliphatic carbocycles. The lowest BCUT2D eigenvalue weighted by Crippen LogP contribution is -2.53. The molecule has 6 nitrogen and oxygen atoms in total. The molecule has 0 spiro atoms. The number of rotatable bonds is 4. The molecule has 2 amide bonds. The number of para-hydroxylation sites is 2. The molecule has 2 heterocycles. The number of carbonyl (C=O) groups is 2. The Balaban J connectivity index is 1.25. The molecule has 1 atom stereocenters. The van der Waals surface area contributed by atoms with Gasteiger partial charge in [-0.3, -0.25) is 14.5 Å². The van der Waals surface area contributed by atoms with Gasteiger partial charge < -0.3 is 15.0 Å². The Hall–Kier alpha value is -2.57. The van der Waals surface area contributed by atoms with E-state index in [1.54, 1.807) is 12.1 Å². The highest BCUT2D eigenvalue weighted by molar-refractivity contribution is 6.33. The summed E-state index contributed by atoms with van der Waals surface area (Å²) in [5, 5.41) is 3.35. The summed E-state index contributed by atoms with van der Waals surface area (Å²) in [7, 11) is 0. The van der Waals surface area contributed by atoms with Crippen molar-refractivity contribution < 1.29 is 14.3 Å². The fourth-order valence-corrected chi connectivity index (χ4v) is 3.79. The molecule has 0 aromatic heterocycles. The summed E-state index contributed by atoms with van der Waals surface area (Å²) < 4.78 is 5.81. The molecule has 1 N–H and O–H groups in total. The quantitative estimate of drug-likeness (QED) is 0.857. The van der Waals surface area contributed by atoms with Gasteiger partial charge in [-0.05, 0) is 23.8 Å². The van der Waals surface area contributed by atoms with E-state index in [1.807, 2.05) is 46.2 Å². The number of hydrogen-bond donors (Lipinski definition) is 1. The van der Waals surface area contributed by atoms with Gasteiger partial charge in [0.2, 0.25) is 5.91 Å². The molecule has 0 bridgehead atoms. The van der Waals surface area contributed by atoms with Crippen molar-refractivity contribution >= 4 is 29.1 Å². The van der Waals surface area contributed by atoms with E-state index in [0.717, 1.165) is 11.3 Å². The van der Waals surface area contributed by atoms with Crippen LogP contribution in [0.15, 0.2) is 48.5 Å². The van der Waals surface area contributed by atoms with E-state index in [2.05, 4.69) is 5.32 Å². The first-order valence-corrected chi connectivity index (χ1v) is 9.78. The fourth-order valence-electron chi connectivity index (χ4n) is 3.61. The van der Waals surface area contributed by atoms with Gasteiger partial charge in [0.1, 0.15) is 5.75 Å². The summed E-state index contributed by atoms with van der Waals surface area (Å²) >= 11 is 6.08. The molecular weight excluding hydrogens is 378 g/mol. The lowest BCUT2D eigenvalue weighted by Gasteiger charge is -2.35. The summed E-state index contributed by atoms with van der Waals surface area (Å²) in [4.78, 5) is 28.9. The third-order valence-electron chi connectivity index (χ3n) is 5.12. The Bertz CT molecular complexity index is 856. The zero-order chi connectivity index (χ0) is 19.5. The minimum absolute atomic E-state index is 0.0244. The third-order valence-corrected chi connectivity index (χ3v) is 5.45. The molecule has 1 fully saturated rings. The van der Waals surface area contributed by atoms with E-state index in [9.17, 15) is 9.59 Å². The summed E-state index contributed by atoms with van der Waals surface area (Å²) in [6.07, 6.45) is 0.183. The van der Waals surface area contributed by atoms with Crippen molar-refractivity contribution in [2.75, 3.05) is 38.0 Å². The van der Waals surface area contributed by atoms with Crippen LogP contribution in [0.1, 0.15) is 5.56 Å². The van der Waals surface area contributed by atoms with Crippen molar-refractivity contribution in [2.45, 2.75) is 12.5 Å². The van der Waals surface area contributed by atoms with Gasteiger partial charge in [0.05, 0.1) is 17.3 Å². The molecule has 2 aromatic rings. The van der Waals surface area contributed by atoms with Crippen LogP contribution in [0.25, 0.3) is 0 Å². The number of benzene rings is 2. The van der Waals surface area contributed by atoms with Gasteiger partial charge in [0.25, 0.3) is 5.91 Å². The number of halogens is 1. The third kappa shape index (κ3) is 4.13. The van der Waals surface area contributed by atoms with Gasteiger partial charge in [0.15, 0.2) is 6.10 Å². The van der Waals surface area contributed by atoms with Gasteiger partial charge >= 0.3 is 0 Å². The summed E-state index contributed by atoms with van der Waals surface area (Å²) in [5.41, 5.74) is 1.69. The van der Waals surface area contributed by atoms with E-state index >= 15 is 0 Å². The monoisotopic (exact) mass is 399 g/mol. The number of hydrogen-bond acceptors (Lipinski definition) is 4. The number of nitrogens with one attached hydrogen (secondary N) is 1. The lowest BCUT2D eigenvalue weighted by atomic mass is 10.1. The molecule has 0 saturated carbocycles. The first-order valence-electron chi connectivity index (χ1n) is 9.40. The summed E-state index contributed by atoms with van der Waals surface area (Å²) in [6.45, 7) is 2.77. The van der Waals surface area contributed by atoms with Gasteiger partial charge in [-0.1, -0.05) is 41.9 Å². The molecule has 28 heavy (non-hydrogen) atoms. The molecule has 4 rings (SSSR count). The van der Waals surface area contributed by atoms with E-state index in [4.69, 9.17) is 16.3 Å². The average molecular weight is 400 g/mol. The summed E-state index contributed by atoms with van der Waals surface area (Å²) in [6, 6.07) is 14.9. The number of nitrogens with zero attached hydrogens (tertiary/aromatic N) is 2. The smallest absolute Gasteiger partial charge is 0.264 e. The maximum atomic E-state index is 12.8. The lowest BCUT2D eigenvalue weighted by molar-refractivity contribution is -0.139. The second-order valence-corrected chi connectivity index (χ2v) is 7.45. The number of piperazine rings is 1. The van der Waals surface area contributed by atoms with E-state index in [1.165, 1.54) is 0 Å². The van der Waals surface area contributed by atoms with Crippen LogP contribution in [0.2, 0.25) is 5.02 Å². The van der Waals surface area contributed by atoms with Crippen LogP contribution in [0, 0.1) is 0 Å². The second kappa shape index (κ2) is 8.20. The van der Waals surface area contributed by atoms with E-state index in [-0.39, 0.29) is 18.4 Å². The standard InChI is InChI=1S/C21H22ClN3O3/c22-16-6-2-3-7-17(16)23-20(26)14-24-9-11-25(12-10-24)21(27)19-13-15-5-1-4-8-18(15)28-19/h1-8,19H,9-14H2,(H,23,26)/t19-/m0/s1. The van der Waals surface area contributed by atoms with Crippen molar-refractivity contribution in [3.63, 3.8) is 0 Å². The van der Waals surface area contributed by atoms with Crippen LogP contribution in [0.4, 0.5) is 5.69 Å². The first kappa shape index (κ1) is 18.8. The minimum Gasteiger partial charge on any atom is -0.480 e. The number of amides is 2. The highest BCUT2D eigenvalue weighted by atomic mass is 35.5. The van der Waals surface area contributed by atoms with E-state index < -0.39 is 6.10 Å². The van der Waals surface area contributed by atoms with Gasteiger partial charge in [-0.15, -0.1) is 0 Å². The van der Waals surface area contributed by atoms with Gasteiger partial charge in [-0.2, -0.15) is 0 Å². The maximum Gasteiger partial charge on any atom is 0.264 e. The minimum atomic E-state index is -0.438. The molecule has 0 unspecified atom stereocenters. The van der Waals surface area contributed by atoms with Crippen molar-refractivity contribution in [2.24, 2.45) is 0 Å². The van der Waals surface area contributed by atoms with Crippen molar-refractivity contribution in [1.82, 2.24) is 9.80 Å². The topological polar surface area (TPSA) is 61.9 Å². The Morgan fingerprint density at radius 1 is 1.04 bits per heavy atom. The zero-order valence-electron chi connectivity index (χ0n) is 15.4. The first-order chi connectivity index (χ1) is 13.6. The predicted octanol–water partition coefficient (Wildman–Crippen LogP) is 2.43. The highest BCUT2D eigenvalue weighted by Crippen LogP contribution is 2.29. The predicted molar refractivity (Wildman–Crippen MR) is 108 cm³/mol. The Morgan fingerprint density at radius 2 is 1.75 bits per heavy atom. The molecule has 1 saturated heterocycles. The van der Waals surface area contributed by atoms with Crippen LogP contribution >= 0.6 is 11.6 Å². The molecule has 2 aliphatic heterocycles. The molecular formula is C21H22ClN3O3. The molecule has 0 radical (unpaired) electrons. The Kier molecular flexibility index (Phi) is 5.50. The molecule has 7 heteroatoms. The summed E-state index contributed by atoms with van der Waals surface area (Å²) in [5.74, 6) is 0.717. The SMILES string of the molecule is O=C(CN1CCN(C(=O)[C@@H]2Cc3ccccc3O2)CC1)Nc1ccccc1Cl. The van der Waals surface area contributed by atoms with E-state index in [0.29, 0.717) is 43.3 Å². The maximum absolute atomic E-state index is 12.8. The normalized spacial score (nSPS) is 19.0. The number of anilines is 1.